The van der Waals surface area contributed by atoms with E-state index in [9.17, 15) is 4.79 Å². The highest BCUT2D eigenvalue weighted by Crippen LogP contribution is 2.11. The average Bonchev–Trinajstić information content (AvgIpc) is 2.24. The number of nitrogens with zero attached hydrogens (tertiary/aromatic N) is 3. The van der Waals surface area contributed by atoms with Crippen LogP contribution in [0.3, 0.4) is 0 Å². The van der Waals surface area contributed by atoms with E-state index in [1.807, 2.05) is 25.7 Å². The molecule has 0 bridgehead atoms. The van der Waals surface area contributed by atoms with Crippen molar-refractivity contribution in [2.45, 2.75) is 26.8 Å². The number of halogens is 1. The highest BCUT2D eigenvalue weighted by atomic mass is 35.5. The number of nitrogens with one attached hydrogen (secondary N) is 1. The van der Waals surface area contributed by atoms with E-state index in [1.165, 1.54) is 6.20 Å². The van der Waals surface area contributed by atoms with Gasteiger partial charge in [0, 0.05) is 12.6 Å². The number of anilines is 1. The molecule has 0 aliphatic heterocycles. The van der Waals surface area contributed by atoms with Gasteiger partial charge in [-0.05, 0) is 20.8 Å². The molecule has 0 radical (unpaired) electrons. The molecule has 1 rings (SSSR count). The summed E-state index contributed by atoms with van der Waals surface area (Å²) >= 11 is 5.77. The second-order valence-electron chi connectivity index (χ2n) is 3.94. The van der Waals surface area contributed by atoms with E-state index in [0.717, 1.165) is 0 Å². The van der Waals surface area contributed by atoms with Gasteiger partial charge in [0.25, 0.3) is 0 Å². The van der Waals surface area contributed by atoms with Crippen LogP contribution in [0.15, 0.2) is 12.4 Å². The van der Waals surface area contributed by atoms with Gasteiger partial charge >= 0.3 is 0 Å². The van der Waals surface area contributed by atoms with Crippen LogP contribution in [0.1, 0.15) is 20.8 Å². The summed E-state index contributed by atoms with van der Waals surface area (Å²) < 4.78 is 0. The lowest BCUT2D eigenvalue weighted by Gasteiger charge is -2.21. The first-order chi connectivity index (χ1) is 8.02. The topological polar surface area (TPSA) is 58.1 Å². The molecule has 0 aromatic carbocycles. The maximum absolute atomic E-state index is 11.6. The first kappa shape index (κ1) is 13.7. The fourth-order valence-electron chi connectivity index (χ4n) is 1.38. The van der Waals surface area contributed by atoms with Gasteiger partial charge in [-0.15, -0.1) is 0 Å². The molecule has 0 unspecified atom stereocenters. The molecule has 1 aromatic heterocycles. The summed E-state index contributed by atoms with van der Waals surface area (Å²) in [5, 5.41) is 3.15. The van der Waals surface area contributed by atoms with Gasteiger partial charge in [0.15, 0.2) is 0 Å². The summed E-state index contributed by atoms with van der Waals surface area (Å²) in [5.41, 5.74) is 0. The molecule has 0 saturated heterocycles. The molecule has 1 N–H and O–H groups in total. The maximum atomic E-state index is 11.6. The molecule has 0 atom stereocenters. The zero-order chi connectivity index (χ0) is 12.8. The van der Waals surface area contributed by atoms with Gasteiger partial charge in [-0.2, -0.15) is 0 Å². The highest BCUT2D eigenvalue weighted by molar-refractivity contribution is 6.29. The van der Waals surface area contributed by atoms with E-state index in [4.69, 9.17) is 11.6 Å². The minimum absolute atomic E-state index is 0.0383. The Morgan fingerprint density at radius 1 is 1.53 bits per heavy atom. The number of likely N-dealkylation sites (N-methyl/N-ethyl adjacent to an activating group) is 1. The molecule has 0 spiro atoms. The Kier molecular flexibility index (Phi) is 5.15. The van der Waals surface area contributed by atoms with Crippen LogP contribution in [-0.2, 0) is 4.79 Å². The minimum Gasteiger partial charge on any atom is -0.352 e. The van der Waals surface area contributed by atoms with Crippen LogP contribution in [0.4, 0.5) is 5.82 Å². The van der Waals surface area contributed by atoms with Crippen molar-refractivity contribution in [1.82, 2.24) is 15.3 Å². The number of rotatable bonds is 5. The lowest BCUT2D eigenvalue weighted by molar-refractivity contribution is -0.120. The van der Waals surface area contributed by atoms with Gasteiger partial charge in [0.2, 0.25) is 5.91 Å². The summed E-state index contributed by atoms with van der Waals surface area (Å²) in [6.07, 6.45) is 3.06. The first-order valence-corrected chi connectivity index (χ1v) is 5.92. The monoisotopic (exact) mass is 256 g/mol. The Bertz CT molecular complexity index is 383. The predicted octanol–water partition coefficient (Wildman–Crippen LogP) is 1.48. The Labute approximate surface area is 106 Å². The summed E-state index contributed by atoms with van der Waals surface area (Å²) in [5.74, 6) is 0.572. The van der Waals surface area contributed by atoms with Gasteiger partial charge in [0.1, 0.15) is 11.0 Å². The van der Waals surface area contributed by atoms with Crippen molar-refractivity contribution in [3.63, 3.8) is 0 Å². The molecule has 0 aliphatic carbocycles. The van der Waals surface area contributed by atoms with Crippen molar-refractivity contribution in [3.05, 3.63) is 17.5 Å². The Hall–Kier alpha value is -1.36. The summed E-state index contributed by atoms with van der Waals surface area (Å²) in [6, 6.07) is 0.131. The van der Waals surface area contributed by atoms with Crippen molar-refractivity contribution in [3.8, 4) is 0 Å². The van der Waals surface area contributed by atoms with Crippen molar-refractivity contribution in [2.75, 3.05) is 18.0 Å². The average molecular weight is 257 g/mol. The summed E-state index contributed by atoms with van der Waals surface area (Å²) in [4.78, 5) is 21.5. The van der Waals surface area contributed by atoms with Crippen molar-refractivity contribution < 1.29 is 4.79 Å². The van der Waals surface area contributed by atoms with Gasteiger partial charge in [-0.1, -0.05) is 11.6 Å². The molecule has 0 saturated carbocycles. The molecule has 17 heavy (non-hydrogen) atoms. The lowest BCUT2D eigenvalue weighted by Crippen LogP contribution is -2.40. The normalized spacial score (nSPS) is 10.4. The van der Waals surface area contributed by atoms with E-state index in [0.29, 0.717) is 17.5 Å². The molecule has 1 heterocycles. The van der Waals surface area contributed by atoms with Crippen LogP contribution < -0.4 is 10.2 Å². The van der Waals surface area contributed by atoms with Gasteiger partial charge in [0.05, 0.1) is 18.9 Å². The third-order valence-electron chi connectivity index (χ3n) is 2.08. The minimum atomic E-state index is -0.0383. The third-order valence-corrected chi connectivity index (χ3v) is 2.26. The number of carbonyl (C=O) groups excluding carboxylic acids is 1. The summed E-state index contributed by atoms with van der Waals surface area (Å²) in [7, 11) is 0. The molecule has 94 valence electrons. The fourth-order valence-corrected chi connectivity index (χ4v) is 1.52. The maximum Gasteiger partial charge on any atom is 0.239 e. The second kappa shape index (κ2) is 6.39. The van der Waals surface area contributed by atoms with Crippen LogP contribution in [0.25, 0.3) is 0 Å². The molecular weight excluding hydrogens is 240 g/mol. The Balaban J connectivity index is 2.69. The molecule has 1 aromatic rings. The van der Waals surface area contributed by atoms with Gasteiger partial charge in [-0.3, -0.25) is 9.78 Å². The smallest absolute Gasteiger partial charge is 0.239 e. The number of aromatic nitrogens is 2. The number of amides is 1. The quantitative estimate of drug-likeness (QED) is 0.867. The molecular formula is C11H17ClN4O. The SMILES string of the molecule is CCN(CC(=O)NC(C)C)c1cncc(Cl)n1. The largest absolute Gasteiger partial charge is 0.352 e. The zero-order valence-electron chi connectivity index (χ0n) is 10.3. The molecule has 5 nitrogen and oxygen atoms in total. The van der Waals surface area contributed by atoms with E-state index in [2.05, 4.69) is 15.3 Å². The van der Waals surface area contributed by atoms with Gasteiger partial charge in [-0.25, -0.2) is 4.98 Å². The predicted molar refractivity (Wildman–Crippen MR) is 68.2 cm³/mol. The molecule has 6 heteroatoms. The van der Waals surface area contributed by atoms with Crippen LogP contribution in [0.2, 0.25) is 5.15 Å². The van der Waals surface area contributed by atoms with Crippen molar-refractivity contribution >= 4 is 23.3 Å². The first-order valence-electron chi connectivity index (χ1n) is 5.54. The number of carbonyl (C=O) groups is 1. The molecule has 0 aliphatic rings. The number of hydrogen-bond donors (Lipinski definition) is 1. The highest BCUT2D eigenvalue weighted by Gasteiger charge is 2.12. The Morgan fingerprint density at radius 2 is 2.24 bits per heavy atom. The molecule has 1 amide bonds. The van der Waals surface area contributed by atoms with E-state index >= 15 is 0 Å². The van der Waals surface area contributed by atoms with E-state index < -0.39 is 0 Å². The van der Waals surface area contributed by atoms with Crippen LogP contribution in [0.5, 0.6) is 0 Å². The van der Waals surface area contributed by atoms with Crippen LogP contribution in [0, 0.1) is 0 Å². The Morgan fingerprint density at radius 3 is 2.76 bits per heavy atom. The number of hydrogen-bond acceptors (Lipinski definition) is 4. The van der Waals surface area contributed by atoms with Crippen LogP contribution in [-0.4, -0.2) is 35.0 Å². The van der Waals surface area contributed by atoms with E-state index in [1.54, 1.807) is 6.20 Å². The van der Waals surface area contributed by atoms with E-state index in [-0.39, 0.29) is 18.5 Å². The molecule has 0 fully saturated rings. The standard InChI is InChI=1S/C11H17ClN4O/c1-4-16(7-11(17)14-8(2)3)10-6-13-5-9(12)15-10/h5-6,8H,4,7H2,1-3H3,(H,14,17). The fraction of sp³-hybridized carbons (Fsp3) is 0.545. The van der Waals surface area contributed by atoms with Crippen LogP contribution >= 0.6 is 11.6 Å². The lowest BCUT2D eigenvalue weighted by atomic mass is 10.3. The summed E-state index contributed by atoms with van der Waals surface area (Å²) in [6.45, 7) is 6.72. The van der Waals surface area contributed by atoms with Gasteiger partial charge < -0.3 is 10.2 Å². The van der Waals surface area contributed by atoms with Crippen molar-refractivity contribution in [1.29, 1.82) is 0 Å². The third kappa shape index (κ3) is 4.56. The second-order valence-corrected chi connectivity index (χ2v) is 4.32. The zero-order valence-corrected chi connectivity index (χ0v) is 11.0. The van der Waals surface area contributed by atoms with Crippen molar-refractivity contribution in [2.24, 2.45) is 0 Å².